The van der Waals surface area contributed by atoms with E-state index in [0.717, 1.165) is 17.5 Å². The molecule has 22 heavy (non-hydrogen) atoms. The van der Waals surface area contributed by atoms with Gasteiger partial charge in [0.05, 0.1) is 0 Å². The molecule has 6 nitrogen and oxygen atoms in total. The lowest BCUT2D eigenvalue weighted by molar-refractivity contribution is -0.146. The molecule has 0 saturated carbocycles. The van der Waals surface area contributed by atoms with E-state index in [-0.39, 0.29) is 5.65 Å². The second-order valence-electron chi connectivity index (χ2n) is 5.69. The number of alkyl halides is 3. The zero-order chi connectivity index (χ0) is 15.9. The maximum absolute atomic E-state index is 12.9. The molecule has 0 radical (unpaired) electrons. The van der Waals surface area contributed by atoms with Gasteiger partial charge in [0.25, 0.3) is 5.82 Å². The number of piperidine rings is 1. The van der Waals surface area contributed by atoms with Crippen molar-refractivity contribution in [2.75, 3.05) is 24.5 Å². The highest BCUT2D eigenvalue weighted by Gasteiger charge is 2.38. The molecule has 0 aliphatic carbocycles. The third-order valence-electron chi connectivity index (χ3n) is 4.24. The molecule has 0 aromatic carbocycles. The lowest BCUT2D eigenvalue weighted by Crippen LogP contribution is -2.43. The Kier molecular flexibility index (Phi) is 3.67. The van der Waals surface area contributed by atoms with E-state index in [0.29, 0.717) is 30.7 Å². The number of nitrogens with two attached hydrogens (primary N) is 1. The van der Waals surface area contributed by atoms with Crippen molar-refractivity contribution >= 4 is 11.5 Å². The predicted octanol–water partition coefficient (Wildman–Crippen LogP) is 1.56. The molecule has 9 heteroatoms. The minimum absolute atomic E-state index is 0.0804. The minimum Gasteiger partial charge on any atom is -0.355 e. The lowest BCUT2D eigenvalue weighted by atomic mass is 9.87. The van der Waals surface area contributed by atoms with Gasteiger partial charge in [-0.1, -0.05) is 6.92 Å². The molecule has 2 aromatic rings. The van der Waals surface area contributed by atoms with Crippen LogP contribution in [0, 0.1) is 11.8 Å². The van der Waals surface area contributed by atoms with Crippen LogP contribution >= 0.6 is 0 Å². The summed E-state index contributed by atoms with van der Waals surface area (Å²) in [6.45, 7) is 4.15. The Labute approximate surface area is 125 Å². The van der Waals surface area contributed by atoms with Crippen molar-refractivity contribution in [3.8, 4) is 0 Å². The number of halogens is 3. The van der Waals surface area contributed by atoms with Crippen molar-refractivity contribution in [3.05, 3.63) is 18.0 Å². The van der Waals surface area contributed by atoms with Gasteiger partial charge in [-0.2, -0.15) is 17.7 Å². The van der Waals surface area contributed by atoms with Crippen molar-refractivity contribution in [1.29, 1.82) is 0 Å². The summed E-state index contributed by atoms with van der Waals surface area (Å²) in [5.41, 5.74) is 5.85. The van der Waals surface area contributed by atoms with Crippen molar-refractivity contribution in [2.24, 2.45) is 17.6 Å². The highest BCUT2D eigenvalue weighted by Crippen LogP contribution is 2.29. The molecule has 2 unspecified atom stereocenters. The first-order valence-corrected chi connectivity index (χ1v) is 7.15. The van der Waals surface area contributed by atoms with Crippen LogP contribution in [0.25, 0.3) is 5.65 Å². The first-order valence-electron chi connectivity index (χ1n) is 7.15. The third-order valence-corrected chi connectivity index (χ3v) is 4.24. The summed E-state index contributed by atoms with van der Waals surface area (Å²) in [5.74, 6) is 0.202. The second-order valence-corrected chi connectivity index (χ2v) is 5.69. The summed E-state index contributed by atoms with van der Waals surface area (Å²) in [7, 11) is 0. The van der Waals surface area contributed by atoms with E-state index in [1.807, 2.05) is 4.90 Å². The van der Waals surface area contributed by atoms with Gasteiger partial charge >= 0.3 is 6.18 Å². The number of nitrogens with zero attached hydrogens (tertiary/aromatic N) is 5. The summed E-state index contributed by atoms with van der Waals surface area (Å²) in [4.78, 5) is 1.97. The summed E-state index contributed by atoms with van der Waals surface area (Å²) in [5, 5.41) is 10.8. The van der Waals surface area contributed by atoms with E-state index in [1.54, 1.807) is 6.07 Å². The van der Waals surface area contributed by atoms with Gasteiger partial charge in [-0.3, -0.25) is 0 Å². The standard InChI is InChI=1S/C13H17F3N6/c1-8-4-5-21(7-9(8)6-17)11-3-2-10-18-19-12(13(14,15)16)22(10)20-11/h2-3,8-9H,4-7,17H2,1H3. The van der Waals surface area contributed by atoms with Crippen molar-refractivity contribution in [1.82, 2.24) is 19.8 Å². The van der Waals surface area contributed by atoms with E-state index in [2.05, 4.69) is 22.2 Å². The van der Waals surface area contributed by atoms with Gasteiger partial charge in [0, 0.05) is 13.1 Å². The third kappa shape index (κ3) is 2.60. The summed E-state index contributed by atoms with van der Waals surface area (Å²) < 4.78 is 39.5. The molecular formula is C13H17F3N6. The van der Waals surface area contributed by atoms with Gasteiger partial charge < -0.3 is 10.6 Å². The maximum atomic E-state index is 12.9. The summed E-state index contributed by atoms with van der Waals surface area (Å²) in [6, 6.07) is 3.17. The molecule has 3 rings (SSSR count). The molecule has 1 saturated heterocycles. The molecule has 3 heterocycles. The number of aromatic nitrogens is 4. The van der Waals surface area contributed by atoms with Crippen LogP contribution in [0.3, 0.4) is 0 Å². The molecule has 2 aromatic heterocycles. The van der Waals surface area contributed by atoms with Crippen LogP contribution in [-0.4, -0.2) is 39.4 Å². The molecule has 0 bridgehead atoms. The van der Waals surface area contributed by atoms with Crippen molar-refractivity contribution in [3.63, 3.8) is 0 Å². The molecule has 120 valence electrons. The highest BCUT2D eigenvalue weighted by molar-refractivity contribution is 5.46. The van der Waals surface area contributed by atoms with Gasteiger partial charge in [0.15, 0.2) is 5.65 Å². The first kappa shape index (κ1) is 15.0. The SMILES string of the molecule is CC1CCN(c2ccc3nnc(C(F)(F)F)n3n2)CC1CN. The van der Waals surface area contributed by atoms with E-state index in [9.17, 15) is 13.2 Å². The van der Waals surface area contributed by atoms with Gasteiger partial charge in [-0.25, -0.2) is 0 Å². The Hall–Kier alpha value is -1.90. The molecule has 0 spiro atoms. The van der Waals surface area contributed by atoms with Gasteiger partial charge in [-0.05, 0) is 36.9 Å². The van der Waals surface area contributed by atoms with Crippen LogP contribution in [0.1, 0.15) is 19.2 Å². The fourth-order valence-electron chi connectivity index (χ4n) is 2.79. The Balaban J connectivity index is 1.95. The van der Waals surface area contributed by atoms with E-state index >= 15 is 0 Å². The molecule has 0 amide bonds. The van der Waals surface area contributed by atoms with Crippen LogP contribution in [0.4, 0.5) is 19.0 Å². The van der Waals surface area contributed by atoms with Crippen LogP contribution in [0.2, 0.25) is 0 Å². The van der Waals surface area contributed by atoms with Gasteiger partial charge in [-0.15, -0.1) is 15.3 Å². The molecular weight excluding hydrogens is 297 g/mol. The molecule has 2 N–H and O–H groups in total. The van der Waals surface area contributed by atoms with Gasteiger partial charge in [0.2, 0.25) is 0 Å². The maximum Gasteiger partial charge on any atom is 0.453 e. The molecule has 1 fully saturated rings. The molecule has 1 aliphatic rings. The van der Waals surface area contributed by atoms with Crippen LogP contribution in [-0.2, 0) is 6.18 Å². The largest absolute Gasteiger partial charge is 0.453 e. The number of fused-ring (bicyclic) bond motifs is 1. The fraction of sp³-hybridized carbons (Fsp3) is 0.615. The van der Waals surface area contributed by atoms with Gasteiger partial charge in [0.1, 0.15) is 5.82 Å². The Bertz CT molecular complexity index is 667. The molecule has 2 atom stereocenters. The second kappa shape index (κ2) is 5.38. The minimum atomic E-state index is -4.58. The average molecular weight is 314 g/mol. The lowest BCUT2D eigenvalue weighted by Gasteiger charge is -2.37. The van der Waals surface area contributed by atoms with Crippen LogP contribution in [0.15, 0.2) is 12.1 Å². The monoisotopic (exact) mass is 314 g/mol. The van der Waals surface area contributed by atoms with E-state index < -0.39 is 12.0 Å². The number of rotatable bonds is 2. The number of hydrogen-bond donors (Lipinski definition) is 1. The quantitative estimate of drug-likeness (QED) is 0.911. The highest BCUT2D eigenvalue weighted by atomic mass is 19.4. The average Bonchev–Trinajstić information content (AvgIpc) is 2.90. The van der Waals surface area contributed by atoms with E-state index in [1.165, 1.54) is 6.07 Å². The zero-order valence-corrected chi connectivity index (χ0v) is 12.1. The topological polar surface area (TPSA) is 72.3 Å². The Morgan fingerprint density at radius 2 is 2.09 bits per heavy atom. The summed E-state index contributed by atoms with van der Waals surface area (Å²) in [6.07, 6.45) is -3.64. The predicted molar refractivity (Wildman–Crippen MR) is 74.3 cm³/mol. The normalized spacial score (nSPS) is 23.2. The number of anilines is 1. The van der Waals surface area contributed by atoms with E-state index in [4.69, 9.17) is 5.73 Å². The first-order chi connectivity index (χ1) is 10.4. The Morgan fingerprint density at radius 1 is 1.32 bits per heavy atom. The Morgan fingerprint density at radius 3 is 2.77 bits per heavy atom. The number of hydrogen-bond acceptors (Lipinski definition) is 5. The molecule has 1 aliphatic heterocycles. The fourth-order valence-corrected chi connectivity index (χ4v) is 2.79. The van der Waals surface area contributed by atoms with Crippen LogP contribution < -0.4 is 10.6 Å². The van der Waals surface area contributed by atoms with Crippen LogP contribution in [0.5, 0.6) is 0 Å². The summed E-state index contributed by atoms with van der Waals surface area (Å²) >= 11 is 0. The zero-order valence-electron chi connectivity index (χ0n) is 12.1. The smallest absolute Gasteiger partial charge is 0.355 e. The van der Waals surface area contributed by atoms with Crippen molar-refractivity contribution < 1.29 is 13.2 Å². The van der Waals surface area contributed by atoms with Crippen molar-refractivity contribution in [2.45, 2.75) is 19.5 Å².